The van der Waals surface area contributed by atoms with Crippen molar-refractivity contribution in [2.45, 2.75) is 51.9 Å². The van der Waals surface area contributed by atoms with Gasteiger partial charge in [0.05, 0.1) is 4.75 Å². The Kier molecular flexibility index (Phi) is 6.85. The van der Waals surface area contributed by atoms with Crippen LogP contribution in [-0.4, -0.2) is 57.9 Å². The van der Waals surface area contributed by atoms with E-state index in [1.807, 2.05) is 41.5 Å². The summed E-state index contributed by atoms with van der Waals surface area (Å²) in [6.07, 6.45) is 1.15. The fourth-order valence-corrected chi connectivity index (χ4v) is 3.16. The van der Waals surface area contributed by atoms with Gasteiger partial charge in [0.25, 0.3) is 0 Å². The summed E-state index contributed by atoms with van der Waals surface area (Å²) in [5.74, 6) is -0.376. The molecule has 1 aliphatic heterocycles. The second-order valence-electron chi connectivity index (χ2n) is 8.75. The van der Waals surface area contributed by atoms with Gasteiger partial charge < -0.3 is 14.5 Å². The lowest BCUT2D eigenvalue weighted by molar-refractivity contribution is 0.0240. The standard InChI is InChI=1S/C20H30FN3O3S/c1-19(2,3)27-18(25)24-11-9-23(10-12-24)17-8-7-16(21)13-15(17)14-22-28(26)20(4,5)6/h7-8,13-14H,9-12H2,1-6H3/b22-14+/t28-/m1/s1. The molecule has 1 aliphatic rings. The van der Waals surface area contributed by atoms with E-state index < -0.39 is 21.3 Å². The van der Waals surface area contributed by atoms with Crippen molar-refractivity contribution in [2.24, 2.45) is 4.40 Å². The van der Waals surface area contributed by atoms with Gasteiger partial charge in [-0.2, -0.15) is 4.40 Å². The van der Waals surface area contributed by atoms with Crippen LogP contribution in [0.5, 0.6) is 0 Å². The summed E-state index contributed by atoms with van der Waals surface area (Å²) in [5, 5.41) is 0. The van der Waals surface area contributed by atoms with Crippen LogP contribution in [0.2, 0.25) is 0 Å². The van der Waals surface area contributed by atoms with E-state index in [1.165, 1.54) is 18.3 Å². The molecule has 8 heteroatoms. The second-order valence-corrected chi connectivity index (χ2v) is 10.7. The number of nitrogens with zero attached hydrogens (tertiary/aromatic N) is 3. The Labute approximate surface area is 169 Å². The molecule has 1 atom stereocenters. The quantitative estimate of drug-likeness (QED) is 0.711. The van der Waals surface area contributed by atoms with Crippen LogP contribution in [0.15, 0.2) is 22.6 Å². The molecule has 0 N–H and O–H groups in total. The summed E-state index contributed by atoms with van der Waals surface area (Å²) in [5.41, 5.74) is 0.848. The number of rotatable bonds is 3. The van der Waals surface area contributed by atoms with Gasteiger partial charge in [-0.05, 0) is 59.7 Å². The molecule has 1 aromatic rings. The van der Waals surface area contributed by atoms with Crippen molar-refractivity contribution in [3.63, 3.8) is 0 Å². The van der Waals surface area contributed by atoms with Crippen LogP contribution >= 0.6 is 0 Å². The topological polar surface area (TPSA) is 62.2 Å². The zero-order chi connectivity index (χ0) is 21.1. The van der Waals surface area contributed by atoms with Crippen LogP contribution in [0.1, 0.15) is 47.1 Å². The molecule has 1 heterocycles. The summed E-state index contributed by atoms with van der Waals surface area (Å²) in [7, 11) is -1.42. The molecule has 2 rings (SSSR count). The Balaban J connectivity index is 2.12. The number of piperazine rings is 1. The predicted molar refractivity (Wildman–Crippen MR) is 112 cm³/mol. The normalized spacial score (nSPS) is 17.1. The maximum absolute atomic E-state index is 13.8. The Bertz CT molecular complexity index is 761. The molecule has 0 bridgehead atoms. The van der Waals surface area contributed by atoms with E-state index in [0.29, 0.717) is 31.7 Å². The average Bonchev–Trinajstić information content (AvgIpc) is 2.57. The van der Waals surface area contributed by atoms with Crippen LogP contribution in [0.25, 0.3) is 0 Å². The van der Waals surface area contributed by atoms with Gasteiger partial charge in [-0.3, -0.25) is 0 Å². The number of ether oxygens (including phenoxy) is 1. The highest BCUT2D eigenvalue weighted by molar-refractivity contribution is 7.85. The highest BCUT2D eigenvalue weighted by Gasteiger charge is 2.26. The maximum Gasteiger partial charge on any atom is 0.410 e. The van der Waals surface area contributed by atoms with Gasteiger partial charge in [-0.15, -0.1) is 0 Å². The average molecular weight is 412 g/mol. The third-order valence-corrected chi connectivity index (χ3v) is 5.42. The molecular formula is C20H30FN3O3S. The Morgan fingerprint density at radius 3 is 2.29 bits per heavy atom. The maximum atomic E-state index is 13.8. The number of benzene rings is 1. The van der Waals surface area contributed by atoms with Crippen LogP contribution in [0, 0.1) is 5.82 Å². The van der Waals surface area contributed by atoms with E-state index in [-0.39, 0.29) is 11.9 Å². The molecule has 0 aromatic heterocycles. The molecule has 0 radical (unpaired) electrons. The molecule has 1 aromatic carbocycles. The summed E-state index contributed by atoms with van der Waals surface area (Å²) >= 11 is 0. The van der Waals surface area contributed by atoms with Crippen molar-refractivity contribution >= 4 is 29.0 Å². The number of amides is 1. The minimum Gasteiger partial charge on any atom is -0.444 e. The minimum atomic E-state index is -1.42. The molecule has 1 amide bonds. The van der Waals surface area contributed by atoms with Gasteiger partial charge in [0.15, 0.2) is 0 Å². The van der Waals surface area contributed by atoms with E-state index in [1.54, 1.807) is 11.0 Å². The van der Waals surface area contributed by atoms with Crippen LogP contribution in [0.4, 0.5) is 14.9 Å². The van der Waals surface area contributed by atoms with Gasteiger partial charge in [0.2, 0.25) is 0 Å². The number of halogens is 1. The van der Waals surface area contributed by atoms with Crippen molar-refractivity contribution in [3.8, 4) is 0 Å². The van der Waals surface area contributed by atoms with Gasteiger partial charge >= 0.3 is 6.09 Å². The fourth-order valence-electron chi connectivity index (χ4n) is 2.64. The molecule has 156 valence electrons. The van der Waals surface area contributed by atoms with E-state index in [2.05, 4.69) is 9.30 Å². The van der Waals surface area contributed by atoms with E-state index in [9.17, 15) is 13.4 Å². The second kappa shape index (κ2) is 8.59. The number of hydrogen-bond acceptors (Lipinski definition) is 4. The monoisotopic (exact) mass is 411 g/mol. The molecule has 1 saturated heterocycles. The van der Waals surface area contributed by atoms with Gasteiger partial charge in [-0.25, -0.2) is 13.4 Å². The summed E-state index contributed by atoms with van der Waals surface area (Å²) in [6.45, 7) is 13.2. The van der Waals surface area contributed by atoms with Gasteiger partial charge in [-0.1, -0.05) is 0 Å². The van der Waals surface area contributed by atoms with Gasteiger partial charge in [0.1, 0.15) is 22.4 Å². The third kappa shape index (κ3) is 6.29. The first kappa shape index (κ1) is 22.3. The fraction of sp³-hybridized carbons (Fsp3) is 0.600. The van der Waals surface area contributed by atoms with Crippen LogP contribution in [0.3, 0.4) is 0 Å². The van der Waals surface area contributed by atoms with Crippen LogP contribution in [-0.2, 0) is 15.7 Å². The molecule has 0 spiro atoms. The number of anilines is 1. The van der Waals surface area contributed by atoms with E-state index in [4.69, 9.17) is 4.74 Å². The van der Waals surface area contributed by atoms with Gasteiger partial charge in [0, 0.05) is 43.6 Å². The molecule has 1 fully saturated rings. The van der Waals surface area contributed by atoms with Crippen molar-refractivity contribution in [3.05, 3.63) is 29.6 Å². The summed E-state index contributed by atoms with van der Waals surface area (Å²) < 4.78 is 35.0. The molecule has 0 aliphatic carbocycles. The van der Waals surface area contributed by atoms with Crippen LogP contribution < -0.4 is 4.90 Å². The molecule has 0 saturated carbocycles. The van der Waals surface area contributed by atoms with Crippen molar-refractivity contribution in [1.29, 1.82) is 0 Å². The Hall–Kier alpha value is -1.96. The number of carbonyl (C=O) groups excluding carboxylic acids is 1. The van der Waals surface area contributed by atoms with Crippen molar-refractivity contribution in [2.75, 3.05) is 31.1 Å². The highest BCUT2D eigenvalue weighted by Crippen LogP contribution is 2.23. The Morgan fingerprint density at radius 2 is 1.75 bits per heavy atom. The molecule has 0 unspecified atom stereocenters. The predicted octanol–water partition coefficient (Wildman–Crippen LogP) is 3.76. The lowest BCUT2D eigenvalue weighted by Crippen LogP contribution is -2.50. The Morgan fingerprint density at radius 1 is 1.14 bits per heavy atom. The molecule has 28 heavy (non-hydrogen) atoms. The minimum absolute atomic E-state index is 0.325. The van der Waals surface area contributed by atoms with E-state index in [0.717, 1.165) is 5.69 Å². The third-order valence-electron chi connectivity index (χ3n) is 4.07. The zero-order valence-corrected chi connectivity index (χ0v) is 18.3. The first-order valence-electron chi connectivity index (χ1n) is 9.35. The lowest BCUT2D eigenvalue weighted by Gasteiger charge is -2.37. The van der Waals surface area contributed by atoms with E-state index >= 15 is 0 Å². The lowest BCUT2D eigenvalue weighted by atomic mass is 10.1. The number of hydrogen-bond donors (Lipinski definition) is 0. The molecular weight excluding hydrogens is 381 g/mol. The summed E-state index contributed by atoms with van der Waals surface area (Å²) in [4.78, 5) is 16.0. The summed E-state index contributed by atoms with van der Waals surface area (Å²) in [6, 6.07) is 4.48. The molecule has 6 nitrogen and oxygen atoms in total. The number of carbonyl (C=O) groups is 1. The van der Waals surface area contributed by atoms with Crippen molar-refractivity contribution < 1.29 is 18.1 Å². The zero-order valence-electron chi connectivity index (χ0n) is 17.5. The van der Waals surface area contributed by atoms with Crippen molar-refractivity contribution in [1.82, 2.24) is 4.90 Å². The highest BCUT2D eigenvalue weighted by atomic mass is 32.2. The first-order valence-corrected chi connectivity index (χ1v) is 10.5. The smallest absolute Gasteiger partial charge is 0.410 e. The SMILES string of the molecule is CC(C)(C)OC(=O)N1CCN(c2ccc(F)cc2/C=N/[S@](=O)C(C)(C)C)CC1. The first-order chi connectivity index (χ1) is 12.9. The largest absolute Gasteiger partial charge is 0.444 e.